The Morgan fingerprint density at radius 3 is 2.58 bits per heavy atom. The number of nitrogens with zero attached hydrogens (tertiary/aromatic N) is 2. The molecule has 1 heterocycles. The van der Waals surface area contributed by atoms with Crippen LogP contribution >= 0.6 is 23.7 Å². The topological polar surface area (TPSA) is 82.3 Å². The highest BCUT2D eigenvalue weighted by Gasteiger charge is 2.10. The van der Waals surface area contributed by atoms with E-state index in [1.165, 1.54) is 35.6 Å². The summed E-state index contributed by atoms with van der Waals surface area (Å²) < 4.78 is 5.03. The summed E-state index contributed by atoms with van der Waals surface area (Å²) in [6, 6.07) is 5.27. The van der Waals surface area contributed by atoms with E-state index < -0.39 is 10.9 Å². The maximum absolute atomic E-state index is 11.6. The number of non-ortho nitro benzene ring substituents is 1. The minimum Gasteiger partial charge on any atom is -0.456 e. The fourth-order valence-corrected chi connectivity index (χ4v) is 1.76. The Morgan fingerprint density at radius 2 is 2.05 bits per heavy atom. The smallest absolute Gasteiger partial charge is 0.338 e. The molecule has 0 atom stereocenters. The number of esters is 1. The van der Waals surface area contributed by atoms with Crippen molar-refractivity contribution < 1.29 is 14.5 Å². The largest absolute Gasteiger partial charge is 0.456 e. The van der Waals surface area contributed by atoms with E-state index in [2.05, 4.69) is 4.98 Å². The van der Waals surface area contributed by atoms with Gasteiger partial charge >= 0.3 is 5.97 Å². The lowest BCUT2D eigenvalue weighted by atomic mass is 10.2. The lowest BCUT2D eigenvalue weighted by Crippen LogP contribution is -2.04. The zero-order valence-corrected chi connectivity index (χ0v) is 11.1. The van der Waals surface area contributed by atoms with Crippen LogP contribution in [0, 0.1) is 10.1 Å². The highest BCUT2D eigenvalue weighted by molar-refractivity contribution is 7.09. The number of hydrogen-bond acceptors (Lipinski definition) is 6. The Balaban J connectivity index is 0.00000180. The first-order valence-corrected chi connectivity index (χ1v) is 5.84. The number of carbonyl (C=O) groups is 1. The van der Waals surface area contributed by atoms with Crippen molar-refractivity contribution in [3.05, 3.63) is 56.5 Å². The molecular formula is C11H9ClN2O4S. The zero-order chi connectivity index (χ0) is 13.0. The number of thiazole rings is 1. The van der Waals surface area contributed by atoms with Crippen LogP contribution in [0.15, 0.2) is 36.0 Å². The molecule has 6 nitrogen and oxygen atoms in total. The second-order valence-electron chi connectivity index (χ2n) is 3.35. The SMILES string of the molecule is Cl.O=C(OCc1cncs1)c1ccc([N+](=O)[O-])cc1. The minimum absolute atomic E-state index is 0. The van der Waals surface area contributed by atoms with Crippen LogP contribution in [-0.4, -0.2) is 15.9 Å². The number of carbonyl (C=O) groups excluding carboxylic acids is 1. The molecule has 1 aromatic heterocycles. The van der Waals surface area contributed by atoms with E-state index in [1.54, 1.807) is 11.7 Å². The summed E-state index contributed by atoms with van der Waals surface area (Å²) in [5.74, 6) is -0.515. The van der Waals surface area contributed by atoms with Crippen molar-refractivity contribution in [2.45, 2.75) is 6.61 Å². The molecule has 0 amide bonds. The Bertz CT molecular complexity index is 557. The number of ether oxygens (including phenoxy) is 1. The standard InChI is InChI=1S/C11H8N2O4S.ClH/c14-11(17-6-10-5-12-7-18-10)8-1-3-9(4-2-8)13(15)16;/h1-5,7H,6H2;1H. The third-order valence-corrected chi connectivity index (χ3v) is 2.90. The van der Waals surface area contributed by atoms with Crippen LogP contribution in [0.2, 0.25) is 0 Å². The fourth-order valence-electron chi connectivity index (χ4n) is 1.25. The number of rotatable bonds is 4. The van der Waals surface area contributed by atoms with E-state index in [4.69, 9.17) is 4.74 Å². The molecule has 0 bridgehead atoms. The first kappa shape index (κ1) is 15.1. The quantitative estimate of drug-likeness (QED) is 0.492. The fraction of sp³-hybridized carbons (Fsp3) is 0.0909. The van der Waals surface area contributed by atoms with E-state index in [9.17, 15) is 14.9 Å². The molecule has 0 N–H and O–H groups in total. The molecule has 19 heavy (non-hydrogen) atoms. The van der Waals surface area contributed by atoms with Crippen LogP contribution < -0.4 is 0 Å². The van der Waals surface area contributed by atoms with Crippen molar-refractivity contribution in [2.24, 2.45) is 0 Å². The summed E-state index contributed by atoms with van der Waals surface area (Å²) in [6.07, 6.45) is 1.62. The highest BCUT2D eigenvalue weighted by Crippen LogP contribution is 2.14. The van der Waals surface area contributed by atoms with Gasteiger partial charge in [0, 0.05) is 18.3 Å². The van der Waals surface area contributed by atoms with Crippen LogP contribution in [0.1, 0.15) is 15.2 Å². The van der Waals surface area contributed by atoms with Crippen LogP contribution in [0.4, 0.5) is 5.69 Å². The molecule has 0 aliphatic heterocycles. The molecule has 0 unspecified atom stereocenters. The third kappa shape index (κ3) is 4.01. The summed E-state index contributed by atoms with van der Waals surface area (Å²) in [5.41, 5.74) is 1.87. The Hall–Kier alpha value is -1.99. The highest BCUT2D eigenvalue weighted by atomic mass is 35.5. The lowest BCUT2D eigenvalue weighted by molar-refractivity contribution is -0.384. The molecule has 0 fully saturated rings. The molecule has 2 rings (SSSR count). The number of halogens is 1. The van der Waals surface area contributed by atoms with Gasteiger partial charge in [-0.15, -0.1) is 23.7 Å². The van der Waals surface area contributed by atoms with Crippen LogP contribution in [-0.2, 0) is 11.3 Å². The summed E-state index contributed by atoms with van der Waals surface area (Å²) >= 11 is 1.39. The molecule has 0 aliphatic carbocycles. The van der Waals surface area contributed by atoms with Gasteiger partial charge in [0.25, 0.3) is 5.69 Å². The van der Waals surface area contributed by atoms with Crippen molar-refractivity contribution >= 4 is 35.4 Å². The maximum atomic E-state index is 11.6. The van der Waals surface area contributed by atoms with E-state index in [-0.39, 0.29) is 30.3 Å². The summed E-state index contributed by atoms with van der Waals surface area (Å²) in [4.78, 5) is 26.2. The molecule has 0 aliphatic rings. The van der Waals surface area contributed by atoms with Crippen molar-refractivity contribution in [3.63, 3.8) is 0 Å². The van der Waals surface area contributed by atoms with Crippen molar-refractivity contribution in [3.8, 4) is 0 Å². The normalized spacial score (nSPS) is 9.47. The van der Waals surface area contributed by atoms with Gasteiger partial charge < -0.3 is 4.74 Å². The second-order valence-corrected chi connectivity index (χ2v) is 4.32. The van der Waals surface area contributed by atoms with Gasteiger partial charge in [-0.25, -0.2) is 4.79 Å². The van der Waals surface area contributed by atoms with Gasteiger partial charge in [0.1, 0.15) is 6.61 Å². The van der Waals surface area contributed by atoms with Gasteiger partial charge in [0.05, 0.1) is 20.9 Å². The number of nitro benzene ring substituents is 1. The number of aromatic nitrogens is 1. The van der Waals surface area contributed by atoms with Crippen LogP contribution in [0.25, 0.3) is 0 Å². The van der Waals surface area contributed by atoms with Gasteiger partial charge in [0.15, 0.2) is 0 Å². The van der Waals surface area contributed by atoms with Crippen LogP contribution in [0.3, 0.4) is 0 Å². The second kappa shape index (κ2) is 6.81. The zero-order valence-electron chi connectivity index (χ0n) is 9.52. The molecule has 2 aromatic rings. The predicted octanol–water partition coefficient (Wildman–Crippen LogP) is 2.83. The monoisotopic (exact) mass is 300 g/mol. The van der Waals surface area contributed by atoms with Crippen molar-refractivity contribution in [2.75, 3.05) is 0 Å². The molecule has 0 radical (unpaired) electrons. The predicted molar refractivity (Wildman–Crippen MR) is 71.6 cm³/mol. The van der Waals surface area contributed by atoms with Gasteiger partial charge in [-0.3, -0.25) is 15.1 Å². The summed E-state index contributed by atoms with van der Waals surface area (Å²) in [5, 5.41) is 10.4. The Kier molecular flexibility index (Phi) is 5.40. The third-order valence-electron chi connectivity index (χ3n) is 2.14. The Morgan fingerprint density at radius 1 is 1.37 bits per heavy atom. The lowest BCUT2D eigenvalue weighted by Gasteiger charge is -2.02. The minimum atomic E-state index is -0.521. The maximum Gasteiger partial charge on any atom is 0.338 e. The van der Waals surface area contributed by atoms with E-state index in [0.717, 1.165) is 4.88 Å². The summed E-state index contributed by atoms with van der Waals surface area (Å²) in [7, 11) is 0. The van der Waals surface area contributed by atoms with Crippen LogP contribution in [0.5, 0.6) is 0 Å². The number of hydrogen-bond donors (Lipinski definition) is 0. The average molecular weight is 301 g/mol. The Labute approximate surface area is 118 Å². The van der Waals surface area contributed by atoms with Gasteiger partial charge in [-0.1, -0.05) is 0 Å². The molecule has 0 saturated carbocycles. The van der Waals surface area contributed by atoms with Gasteiger partial charge in [-0.2, -0.15) is 0 Å². The van der Waals surface area contributed by atoms with E-state index in [1.807, 2.05) is 0 Å². The van der Waals surface area contributed by atoms with Gasteiger partial charge in [0.2, 0.25) is 0 Å². The van der Waals surface area contributed by atoms with Crippen molar-refractivity contribution in [1.29, 1.82) is 0 Å². The first-order valence-electron chi connectivity index (χ1n) is 4.96. The number of nitro groups is 1. The first-order chi connectivity index (χ1) is 8.66. The van der Waals surface area contributed by atoms with E-state index in [0.29, 0.717) is 0 Å². The summed E-state index contributed by atoms with van der Waals surface area (Å²) in [6.45, 7) is 0.153. The average Bonchev–Trinajstić information content (AvgIpc) is 2.89. The van der Waals surface area contributed by atoms with E-state index >= 15 is 0 Å². The molecule has 0 spiro atoms. The molecule has 8 heteroatoms. The molecular weight excluding hydrogens is 292 g/mol. The molecule has 0 saturated heterocycles. The number of benzene rings is 1. The van der Waals surface area contributed by atoms with Crippen molar-refractivity contribution in [1.82, 2.24) is 4.98 Å². The molecule has 100 valence electrons. The van der Waals surface area contributed by atoms with Gasteiger partial charge in [-0.05, 0) is 12.1 Å². The molecule has 1 aromatic carbocycles.